The van der Waals surface area contributed by atoms with Crippen molar-refractivity contribution >= 4 is 16.5 Å². The van der Waals surface area contributed by atoms with E-state index in [9.17, 15) is 0 Å². The third kappa shape index (κ3) is 2.80. The highest BCUT2D eigenvalue weighted by atomic mass is 15.3. The van der Waals surface area contributed by atoms with Crippen LogP contribution in [0.3, 0.4) is 0 Å². The fourth-order valence-electron chi connectivity index (χ4n) is 3.01. The van der Waals surface area contributed by atoms with Gasteiger partial charge in [-0.3, -0.25) is 4.90 Å². The van der Waals surface area contributed by atoms with E-state index in [4.69, 9.17) is 0 Å². The van der Waals surface area contributed by atoms with Gasteiger partial charge in [-0.15, -0.1) is 0 Å². The van der Waals surface area contributed by atoms with Gasteiger partial charge >= 0.3 is 0 Å². The van der Waals surface area contributed by atoms with Crippen molar-refractivity contribution < 1.29 is 0 Å². The lowest BCUT2D eigenvalue weighted by Gasteiger charge is -2.36. The maximum Gasteiger partial charge on any atom is 0.0446 e. The number of nitrogens with zero attached hydrogens (tertiary/aromatic N) is 2. The fourth-order valence-corrected chi connectivity index (χ4v) is 3.01. The molecule has 1 radical (unpaired) electrons. The maximum atomic E-state index is 2.57. The molecule has 2 heteroatoms. The molecule has 0 N–H and O–H groups in total. The molecule has 105 valence electrons. The van der Waals surface area contributed by atoms with Gasteiger partial charge in [0.2, 0.25) is 0 Å². The highest BCUT2D eigenvalue weighted by Gasteiger charge is 2.17. The van der Waals surface area contributed by atoms with Gasteiger partial charge in [0.05, 0.1) is 0 Å². The van der Waals surface area contributed by atoms with E-state index in [1.54, 1.807) is 0 Å². The first-order valence-corrected chi connectivity index (χ1v) is 7.61. The molecule has 0 unspecified atom stereocenters. The summed E-state index contributed by atoms with van der Waals surface area (Å²) in [6, 6.07) is 15.3. The lowest BCUT2D eigenvalue weighted by atomic mass is 10.1. The molecule has 0 aromatic heterocycles. The largest absolute Gasteiger partial charge is 0.368 e. The normalized spacial score (nSPS) is 16.8. The lowest BCUT2D eigenvalue weighted by Crippen LogP contribution is -2.46. The van der Waals surface area contributed by atoms with Gasteiger partial charge < -0.3 is 4.90 Å². The number of hydrogen-bond donors (Lipinski definition) is 0. The molecule has 0 saturated carbocycles. The molecular weight excluding hydrogens is 244 g/mol. The zero-order valence-electron chi connectivity index (χ0n) is 12.3. The van der Waals surface area contributed by atoms with Crippen molar-refractivity contribution in [3.05, 3.63) is 48.9 Å². The summed E-state index contributed by atoms with van der Waals surface area (Å²) in [5.41, 5.74) is 1.39. The van der Waals surface area contributed by atoms with Gasteiger partial charge in [0.1, 0.15) is 0 Å². The second-order valence-corrected chi connectivity index (χ2v) is 5.52. The zero-order chi connectivity index (χ0) is 13.8. The Balaban J connectivity index is 1.74. The smallest absolute Gasteiger partial charge is 0.0446 e. The van der Waals surface area contributed by atoms with Crippen molar-refractivity contribution in [1.29, 1.82) is 0 Å². The van der Waals surface area contributed by atoms with Gasteiger partial charge in [-0.1, -0.05) is 43.3 Å². The summed E-state index contributed by atoms with van der Waals surface area (Å²) in [6.45, 7) is 7.98. The van der Waals surface area contributed by atoms with Crippen LogP contribution in [0.25, 0.3) is 10.8 Å². The zero-order valence-corrected chi connectivity index (χ0v) is 12.3. The highest BCUT2D eigenvalue weighted by molar-refractivity contribution is 5.94. The molecule has 3 rings (SSSR count). The van der Waals surface area contributed by atoms with E-state index in [2.05, 4.69) is 65.6 Å². The number of unbranched alkanes of at least 4 members (excludes halogenated alkanes) is 1. The molecule has 1 aliphatic rings. The monoisotopic (exact) mass is 267 g/mol. The number of hydrogen-bond acceptors (Lipinski definition) is 2. The molecule has 0 aliphatic carbocycles. The SMILES string of the molecule is C[CH]CCN1CCN(c2cccc3ccccc23)CC1. The molecule has 2 nitrogen and oxygen atoms in total. The molecule has 1 aliphatic heterocycles. The van der Waals surface area contributed by atoms with Crippen LogP contribution in [0.2, 0.25) is 0 Å². The summed E-state index contributed by atoms with van der Waals surface area (Å²) in [5, 5.41) is 2.72. The van der Waals surface area contributed by atoms with Crippen LogP contribution in [0.4, 0.5) is 5.69 Å². The lowest BCUT2D eigenvalue weighted by molar-refractivity contribution is 0.260. The van der Waals surface area contributed by atoms with E-state index in [1.165, 1.54) is 42.5 Å². The second-order valence-electron chi connectivity index (χ2n) is 5.52. The summed E-state index contributed by atoms with van der Waals surface area (Å²) in [5.74, 6) is 0. The van der Waals surface area contributed by atoms with Crippen molar-refractivity contribution in [2.24, 2.45) is 0 Å². The average Bonchev–Trinajstić information content (AvgIpc) is 2.53. The van der Waals surface area contributed by atoms with Crippen LogP contribution in [0.1, 0.15) is 13.3 Å². The van der Waals surface area contributed by atoms with E-state index in [-0.39, 0.29) is 0 Å². The van der Waals surface area contributed by atoms with Crippen LogP contribution in [0, 0.1) is 6.42 Å². The molecule has 0 bridgehead atoms. The Hall–Kier alpha value is -1.54. The molecule has 20 heavy (non-hydrogen) atoms. The van der Waals surface area contributed by atoms with Crippen molar-refractivity contribution in [2.45, 2.75) is 13.3 Å². The Morgan fingerprint density at radius 3 is 2.50 bits per heavy atom. The van der Waals surface area contributed by atoms with Crippen LogP contribution < -0.4 is 4.90 Å². The molecule has 1 fully saturated rings. The average molecular weight is 267 g/mol. The Bertz CT molecular complexity index is 551. The Labute approximate surface area is 122 Å². The first kappa shape index (κ1) is 13.4. The summed E-state index contributed by atoms with van der Waals surface area (Å²) in [7, 11) is 0. The summed E-state index contributed by atoms with van der Waals surface area (Å²) in [4.78, 5) is 5.11. The van der Waals surface area contributed by atoms with Crippen molar-refractivity contribution in [3.63, 3.8) is 0 Å². The highest BCUT2D eigenvalue weighted by Crippen LogP contribution is 2.27. The number of anilines is 1. The Morgan fingerprint density at radius 1 is 0.950 bits per heavy atom. The van der Waals surface area contributed by atoms with Crippen molar-refractivity contribution in [3.8, 4) is 0 Å². The van der Waals surface area contributed by atoms with E-state index >= 15 is 0 Å². The van der Waals surface area contributed by atoms with Crippen LogP contribution in [0.15, 0.2) is 42.5 Å². The van der Waals surface area contributed by atoms with Gasteiger partial charge in [0, 0.05) is 37.3 Å². The third-order valence-corrected chi connectivity index (χ3v) is 4.21. The maximum absolute atomic E-state index is 2.57. The molecule has 0 amide bonds. The predicted octanol–water partition coefficient (Wildman–Crippen LogP) is 3.58. The van der Waals surface area contributed by atoms with E-state index < -0.39 is 0 Å². The van der Waals surface area contributed by atoms with Crippen LogP contribution in [-0.2, 0) is 0 Å². The second kappa shape index (κ2) is 6.27. The van der Waals surface area contributed by atoms with E-state index in [0.717, 1.165) is 13.1 Å². The standard InChI is InChI=1S/C18H23N2/c1-2-3-11-19-12-14-20(15-13-19)18-10-6-8-16-7-4-5-9-17(16)18/h2,4-10H,3,11-15H2,1H3. The molecule has 1 heterocycles. The molecule has 2 aromatic rings. The van der Waals surface area contributed by atoms with Gasteiger partial charge in [0.15, 0.2) is 0 Å². The van der Waals surface area contributed by atoms with Gasteiger partial charge in [-0.05, 0) is 30.8 Å². The van der Waals surface area contributed by atoms with Gasteiger partial charge in [-0.25, -0.2) is 0 Å². The van der Waals surface area contributed by atoms with E-state index in [0.29, 0.717) is 0 Å². The number of piperazine rings is 1. The first-order valence-electron chi connectivity index (χ1n) is 7.61. The Morgan fingerprint density at radius 2 is 1.70 bits per heavy atom. The number of benzene rings is 2. The van der Waals surface area contributed by atoms with Crippen molar-refractivity contribution in [2.75, 3.05) is 37.6 Å². The minimum atomic E-state index is 1.14. The van der Waals surface area contributed by atoms with Gasteiger partial charge in [0.25, 0.3) is 0 Å². The molecule has 0 spiro atoms. The molecular formula is C18H23N2. The fraction of sp³-hybridized carbons (Fsp3) is 0.389. The number of rotatable bonds is 4. The molecule has 2 aromatic carbocycles. The third-order valence-electron chi connectivity index (χ3n) is 4.21. The van der Waals surface area contributed by atoms with Gasteiger partial charge in [-0.2, -0.15) is 0 Å². The van der Waals surface area contributed by atoms with Crippen molar-refractivity contribution in [1.82, 2.24) is 4.90 Å². The van der Waals surface area contributed by atoms with E-state index in [1.807, 2.05) is 0 Å². The van der Waals surface area contributed by atoms with Crippen LogP contribution in [0.5, 0.6) is 0 Å². The quantitative estimate of drug-likeness (QED) is 0.835. The van der Waals surface area contributed by atoms with Crippen LogP contribution in [-0.4, -0.2) is 37.6 Å². The molecule has 1 saturated heterocycles. The molecule has 0 atom stereocenters. The predicted molar refractivity (Wildman–Crippen MR) is 87.2 cm³/mol. The number of fused-ring (bicyclic) bond motifs is 1. The topological polar surface area (TPSA) is 6.48 Å². The summed E-state index contributed by atoms with van der Waals surface area (Å²) in [6.07, 6.45) is 3.46. The Kier molecular flexibility index (Phi) is 4.22. The minimum Gasteiger partial charge on any atom is -0.368 e. The first-order chi connectivity index (χ1) is 9.88. The summed E-state index contributed by atoms with van der Waals surface area (Å²) >= 11 is 0. The minimum absolute atomic E-state index is 1.14. The van der Waals surface area contributed by atoms with Crippen LogP contribution >= 0.6 is 0 Å². The summed E-state index contributed by atoms with van der Waals surface area (Å²) < 4.78 is 0.